The molecule has 0 unspecified atom stereocenters. The van der Waals surface area contributed by atoms with Crippen molar-refractivity contribution in [2.45, 2.75) is 25.7 Å². The Morgan fingerprint density at radius 1 is 0.553 bits per heavy atom. The van der Waals surface area contributed by atoms with Crippen LogP contribution in [0.5, 0.6) is 11.5 Å². The van der Waals surface area contributed by atoms with Crippen LogP contribution in [0.4, 0.5) is 11.4 Å². The monoisotopic (exact) mass is 713 g/mol. The van der Waals surface area contributed by atoms with Crippen LogP contribution in [0.15, 0.2) is 118 Å². The molecule has 47 heavy (non-hydrogen) atoms. The minimum atomic E-state index is 0. The van der Waals surface area contributed by atoms with Gasteiger partial charge in [0.25, 0.3) is 0 Å². The number of ether oxygens (including phenoxy) is 2. The predicted octanol–water partition coefficient (Wildman–Crippen LogP) is 11.2. The Morgan fingerprint density at radius 2 is 0.957 bits per heavy atom. The summed E-state index contributed by atoms with van der Waals surface area (Å²) in [4.78, 5) is 9.13. The number of hydrogen-bond donors (Lipinski definition) is 0. The summed E-state index contributed by atoms with van der Waals surface area (Å²) < 4.78 is 23.5. The second kappa shape index (κ2) is 15.0. The maximum atomic E-state index is 5.89. The zero-order valence-corrected chi connectivity index (χ0v) is 27.4. The Hall–Kier alpha value is -4.40. The summed E-state index contributed by atoms with van der Waals surface area (Å²) in [7, 11) is 0. The molecule has 0 N–H and O–H groups in total. The fraction of sp³-hybridized carbons (Fsp3) is 0.167. The third-order valence-electron chi connectivity index (χ3n) is 7.33. The fourth-order valence-corrected chi connectivity index (χ4v) is 5.37. The van der Waals surface area contributed by atoms with Crippen LogP contribution < -0.4 is 9.47 Å². The van der Waals surface area contributed by atoms with Gasteiger partial charge >= 0.3 is 17.1 Å². The van der Waals surface area contributed by atoms with E-state index in [1.165, 1.54) is 0 Å². The Kier molecular flexibility index (Phi) is 10.4. The van der Waals surface area contributed by atoms with Crippen molar-refractivity contribution in [1.82, 2.24) is 9.97 Å². The number of aromatic nitrogens is 2. The Balaban J connectivity index is 0.000000161. The van der Waals surface area contributed by atoms with E-state index >= 15 is 0 Å². The van der Waals surface area contributed by atoms with Crippen LogP contribution in [-0.2, 0) is 17.1 Å². The van der Waals surface area contributed by atoms with Crippen molar-refractivity contribution in [3.63, 3.8) is 0 Å². The van der Waals surface area contributed by atoms with Crippen molar-refractivity contribution >= 4 is 67.9 Å². The number of para-hydroxylation sites is 8. The van der Waals surface area contributed by atoms with Gasteiger partial charge in [0, 0.05) is 34.7 Å². The van der Waals surface area contributed by atoms with Gasteiger partial charge in [0.05, 0.1) is 0 Å². The normalized spacial score (nSPS) is 14.9. The van der Waals surface area contributed by atoms with Gasteiger partial charge in [-0.15, -0.1) is 23.2 Å². The second-order valence-electron chi connectivity index (χ2n) is 10.5. The molecular weight excluding hydrogens is 687 g/mol. The molecule has 2 aliphatic heterocycles. The number of allylic oxidation sites excluding steroid dienone is 2. The maximum absolute atomic E-state index is 5.89. The van der Waals surface area contributed by atoms with Gasteiger partial charge < -0.3 is 28.9 Å². The summed E-state index contributed by atoms with van der Waals surface area (Å²) in [5.41, 5.74) is 6.48. The minimum Gasteiger partial charge on any atom is -0.624 e. The summed E-state index contributed by atoms with van der Waals surface area (Å²) >= 11 is 11.7. The van der Waals surface area contributed by atoms with Crippen LogP contribution in [0.3, 0.4) is 0 Å². The number of alkyl halides is 2. The van der Waals surface area contributed by atoms with Gasteiger partial charge in [-0.25, -0.2) is 9.97 Å². The number of hydrogen-bond acceptors (Lipinski definition) is 6. The number of oxazole rings is 2. The summed E-state index contributed by atoms with van der Waals surface area (Å²) in [6.07, 6.45) is 3.00. The van der Waals surface area contributed by atoms with E-state index in [2.05, 4.69) is 20.6 Å². The molecule has 0 atom stereocenters. The number of halogens is 2. The van der Waals surface area contributed by atoms with Crippen LogP contribution in [0, 0.1) is 0 Å². The first-order valence-corrected chi connectivity index (χ1v) is 16.0. The average Bonchev–Trinajstić information content (AvgIpc) is 3.89. The molecule has 4 heterocycles. The molecule has 1 radical (unpaired) electrons. The summed E-state index contributed by atoms with van der Waals surface area (Å²) in [5, 5.41) is 9.13. The molecule has 0 saturated carbocycles. The molecule has 0 amide bonds. The van der Waals surface area contributed by atoms with Crippen molar-refractivity contribution < 1.29 is 35.4 Å². The van der Waals surface area contributed by atoms with E-state index in [9.17, 15) is 0 Å². The van der Waals surface area contributed by atoms with Gasteiger partial charge in [-0.05, 0) is 62.1 Å². The maximum Gasteiger partial charge on any atom is 2.00 e. The summed E-state index contributed by atoms with van der Waals surface area (Å²) in [6.45, 7) is 0. The van der Waals surface area contributed by atoms with Gasteiger partial charge in [-0.1, -0.05) is 72.0 Å². The van der Waals surface area contributed by atoms with Gasteiger partial charge in [-0.3, -0.25) is 0 Å². The molecule has 0 fully saturated rings. The van der Waals surface area contributed by atoms with E-state index < -0.39 is 0 Å². The van der Waals surface area contributed by atoms with E-state index in [0.717, 1.165) is 69.1 Å². The van der Waals surface area contributed by atoms with Crippen LogP contribution in [0.2, 0.25) is 0 Å². The molecule has 0 spiro atoms. The molecular formula is C36H28Cl2CuN4O4. The minimum absolute atomic E-state index is 0. The van der Waals surface area contributed by atoms with E-state index in [1.54, 1.807) is 0 Å². The van der Waals surface area contributed by atoms with Gasteiger partial charge in [0.1, 0.15) is 22.5 Å². The average molecular weight is 715 g/mol. The third kappa shape index (κ3) is 7.14. The van der Waals surface area contributed by atoms with Crippen LogP contribution in [0.25, 0.3) is 44.0 Å². The Bertz CT molecular complexity index is 1810. The van der Waals surface area contributed by atoms with Gasteiger partial charge in [0.15, 0.2) is 11.2 Å². The standard InChI is InChI=1S/2C18H14ClN2O2.Cu/c2*19-11-5-6-12(17-20-13-7-1-3-9-15(13)22-17)18-21-14-8-2-4-10-16(14)23-18;/h2*1-4,7-10H,5-6,11H2;/q2*-1;+2/b2*17-12+;. The first kappa shape index (κ1) is 32.5. The molecule has 4 aromatic carbocycles. The van der Waals surface area contributed by atoms with Crippen LogP contribution in [-0.4, -0.2) is 21.7 Å². The zero-order valence-electron chi connectivity index (χ0n) is 25.0. The summed E-state index contributed by atoms with van der Waals surface area (Å²) in [5.74, 6) is 4.80. The van der Waals surface area contributed by atoms with Crippen LogP contribution in [0.1, 0.15) is 37.5 Å². The van der Waals surface area contributed by atoms with E-state index in [-0.39, 0.29) is 17.1 Å². The number of benzene rings is 4. The first-order chi connectivity index (χ1) is 22.7. The molecule has 0 saturated heterocycles. The molecule has 2 aromatic heterocycles. The van der Waals surface area contributed by atoms with E-state index in [1.807, 2.05) is 97.1 Å². The zero-order chi connectivity index (χ0) is 31.3. The van der Waals surface area contributed by atoms with E-state index in [4.69, 9.17) is 41.5 Å². The molecule has 8 nitrogen and oxygen atoms in total. The van der Waals surface area contributed by atoms with Crippen molar-refractivity contribution in [2.75, 3.05) is 11.8 Å². The number of rotatable bonds is 8. The second-order valence-corrected chi connectivity index (χ2v) is 11.2. The molecule has 241 valence electrons. The van der Waals surface area contributed by atoms with Crippen molar-refractivity contribution in [1.29, 1.82) is 0 Å². The molecule has 2 aliphatic rings. The van der Waals surface area contributed by atoms with Gasteiger partial charge in [-0.2, -0.15) is 0 Å². The number of nitrogens with zero attached hydrogens (tertiary/aromatic N) is 4. The van der Waals surface area contributed by atoms with Gasteiger partial charge in [0.2, 0.25) is 11.8 Å². The van der Waals surface area contributed by atoms with Crippen LogP contribution >= 0.6 is 23.2 Å². The topological polar surface area (TPSA) is 98.7 Å². The molecule has 0 aliphatic carbocycles. The van der Waals surface area contributed by atoms with Crippen molar-refractivity contribution in [2.24, 2.45) is 0 Å². The molecule has 8 rings (SSSR count). The predicted molar refractivity (Wildman–Crippen MR) is 182 cm³/mol. The Morgan fingerprint density at radius 3 is 1.36 bits per heavy atom. The molecule has 0 bridgehead atoms. The molecule has 11 heteroatoms. The molecule has 6 aromatic rings. The fourth-order valence-electron chi connectivity index (χ4n) is 5.10. The largest absolute Gasteiger partial charge is 2.00 e. The first-order valence-electron chi connectivity index (χ1n) is 15.0. The van der Waals surface area contributed by atoms with Crippen molar-refractivity contribution in [3.8, 4) is 11.5 Å². The summed E-state index contributed by atoms with van der Waals surface area (Å²) in [6, 6.07) is 30.7. The van der Waals surface area contributed by atoms with E-state index in [0.29, 0.717) is 48.1 Å². The SMILES string of the molecule is ClCCC/C(=C1/[N-]c2ccccc2O1)c1nc2ccccc2o1.ClCCC/C(=C1/[N-]c2ccccc2O1)c1nc2ccccc2o1.[Cu+2]. The Labute approximate surface area is 292 Å². The third-order valence-corrected chi connectivity index (χ3v) is 7.86. The number of fused-ring (bicyclic) bond motifs is 4. The van der Waals surface area contributed by atoms with Crippen molar-refractivity contribution in [3.05, 3.63) is 131 Å². The smallest absolute Gasteiger partial charge is 0.624 e. The quantitative estimate of drug-likeness (QED) is 0.115.